The molecular formula is C15H19N3OS3. The topological polar surface area (TPSA) is 54.9 Å². The Morgan fingerprint density at radius 1 is 1.27 bits per heavy atom. The van der Waals surface area contributed by atoms with E-state index in [9.17, 15) is 4.79 Å². The number of anilines is 1. The minimum absolute atomic E-state index is 0.0275. The van der Waals surface area contributed by atoms with Crippen LogP contribution in [0.5, 0.6) is 0 Å². The lowest BCUT2D eigenvalue weighted by Crippen LogP contribution is -2.13. The van der Waals surface area contributed by atoms with Gasteiger partial charge in [0.2, 0.25) is 11.0 Å². The molecule has 2 aromatic rings. The third-order valence-corrected chi connectivity index (χ3v) is 5.89. The molecule has 1 aromatic carbocycles. The van der Waals surface area contributed by atoms with Crippen LogP contribution in [0.15, 0.2) is 28.6 Å². The molecule has 0 atom stereocenters. The van der Waals surface area contributed by atoms with Crippen LogP contribution in [0.25, 0.3) is 0 Å². The van der Waals surface area contributed by atoms with Gasteiger partial charge in [-0.05, 0) is 18.9 Å². The van der Waals surface area contributed by atoms with Gasteiger partial charge in [0, 0.05) is 11.5 Å². The fourth-order valence-corrected chi connectivity index (χ4v) is 4.09. The van der Waals surface area contributed by atoms with E-state index in [2.05, 4.69) is 53.6 Å². The van der Waals surface area contributed by atoms with Crippen molar-refractivity contribution in [2.75, 3.05) is 16.8 Å². The fraction of sp³-hybridized carbons (Fsp3) is 0.400. The second kappa shape index (κ2) is 9.17. The molecule has 0 saturated heterocycles. The first-order valence-corrected chi connectivity index (χ1v) is 10.0. The summed E-state index contributed by atoms with van der Waals surface area (Å²) in [5.41, 5.74) is 2.48. The summed E-state index contributed by atoms with van der Waals surface area (Å²) >= 11 is 4.70. The minimum Gasteiger partial charge on any atom is -0.300 e. The third-order valence-electron chi connectivity index (χ3n) is 2.70. The molecule has 4 nitrogen and oxygen atoms in total. The van der Waals surface area contributed by atoms with E-state index in [0.717, 1.165) is 22.3 Å². The summed E-state index contributed by atoms with van der Waals surface area (Å²) in [5.74, 6) is 2.25. The van der Waals surface area contributed by atoms with E-state index in [0.29, 0.717) is 10.9 Å². The normalized spacial score (nSPS) is 10.6. The van der Waals surface area contributed by atoms with Gasteiger partial charge in [-0.3, -0.25) is 10.1 Å². The molecular weight excluding hydrogens is 334 g/mol. The zero-order chi connectivity index (χ0) is 15.8. The molecule has 0 radical (unpaired) electrons. The molecule has 0 spiro atoms. The van der Waals surface area contributed by atoms with E-state index in [-0.39, 0.29) is 5.91 Å². The highest BCUT2D eigenvalue weighted by atomic mass is 32.2. The molecule has 0 bridgehead atoms. The quantitative estimate of drug-likeness (QED) is 0.569. The summed E-state index contributed by atoms with van der Waals surface area (Å²) in [4.78, 5) is 11.9. The average Bonchev–Trinajstić information content (AvgIpc) is 2.94. The number of hydrogen-bond donors (Lipinski definition) is 1. The Balaban J connectivity index is 1.71. The maximum atomic E-state index is 11.9. The van der Waals surface area contributed by atoms with E-state index in [1.54, 1.807) is 23.5 Å². The van der Waals surface area contributed by atoms with Gasteiger partial charge < -0.3 is 0 Å². The Hall–Kier alpha value is -1.05. The zero-order valence-corrected chi connectivity index (χ0v) is 15.1. The van der Waals surface area contributed by atoms with Crippen molar-refractivity contribution in [3.63, 3.8) is 0 Å². The second-order valence-corrected chi connectivity index (χ2v) is 8.05. The first-order valence-electron chi connectivity index (χ1n) is 7.07. The van der Waals surface area contributed by atoms with Crippen LogP contribution in [-0.2, 0) is 10.5 Å². The van der Waals surface area contributed by atoms with Crippen molar-refractivity contribution in [1.82, 2.24) is 10.2 Å². The lowest BCUT2D eigenvalue weighted by Gasteiger charge is -2.02. The van der Waals surface area contributed by atoms with Crippen molar-refractivity contribution in [3.8, 4) is 0 Å². The highest BCUT2D eigenvalue weighted by Crippen LogP contribution is 2.25. The Labute approximate surface area is 143 Å². The van der Waals surface area contributed by atoms with E-state index in [1.807, 2.05) is 0 Å². The van der Waals surface area contributed by atoms with E-state index in [4.69, 9.17) is 0 Å². The standard InChI is InChI=1S/C15H19N3OS3/c1-3-8-21-15-18-17-14(22-15)16-13(19)10-20-9-12-6-4-11(2)5-7-12/h4-7H,3,8-10H2,1-2H3,(H,16,17,19). The van der Waals surface area contributed by atoms with Crippen molar-refractivity contribution in [2.24, 2.45) is 0 Å². The molecule has 0 fully saturated rings. The number of aryl methyl sites for hydroxylation is 1. The van der Waals surface area contributed by atoms with E-state index >= 15 is 0 Å². The summed E-state index contributed by atoms with van der Waals surface area (Å²) in [7, 11) is 0. The highest BCUT2D eigenvalue weighted by molar-refractivity contribution is 8.01. The predicted molar refractivity (Wildman–Crippen MR) is 96.9 cm³/mol. The highest BCUT2D eigenvalue weighted by Gasteiger charge is 2.08. The van der Waals surface area contributed by atoms with Gasteiger partial charge in [0.05, 0.1) is 5.75 Å². The number of hydrogen-bond acceptors (Lipinski definition) is 6. The molecule has 0 aliphatic heterocycles. The van der Waals surface area contributed by atoms with Crippen LogP contribution in [0.4, 0.5) is 5.13 Å². The van der Waals surface area contributed by atoms with Crippen LogP contribution < -0.4 is 5.32 Å². The first kappa shape index (κ1) is 17.3. The molecule has 1 N–H and O–H groups in total. The number of amides is 1. The summed E-state index contributed by atoms with van der Waals surface area (Å²) in [5, 5.41) is 11.4. The molecule has 22 heavy (non-hydrogen) atoms. The van der Waals surface area contributed by atoms with Gasteiger partial charge in [0.25, 0.3) is 0 Å². The first-order chi connectivity index (χ1) is 10.7. The summed E-state index contributed by atoms with van der Waals surface area (Å²) in [6, 6.07) is 8.38. The predicted octanol–water partition coefficient (Wildman–Crippen LogP) is 4.22. The van der Waals surface area contributed by atoms with Gasteiger partial charge in [-0.25, -0.2) is 0 Å². The number of nitrogens with one attached hydrogen (secondary N) is 1. The molecule has 0 aliphatic rings. The summed E-state index contributed by atoms with van der Waals surface area (Å²) < 4.78 is 0.907. The molecule has 118 valence electrons. The van der Waals surface area contributed by atoms with Crippen LogP contribution in [0.3, 0.4) is 0 Å². The number of thioether (sulfide) groups is 2. The number of carbonyl (C=O) groups excluding carboxylic acids is 1. The van der Waals surface area contributed by atoms with Gasteiger partial charge >= 0.3 is 0 Å². The smallest absolute Gasteiger partial charge is 0.236 e. The number of aromatic nitrogens is 2. The van der Waals surface area contributed by atoms with Crippen LogP contribution >= 0.6 is 34.9 Å². The lowest BCUT2D eigenvalue weighted by molar-refractivity contribution is -0.113. The number of carbonyl (C=O) groups is 1. The molecule has 0 aliphatic carbocycles. The van der Waals surface area contributed by atoms with Crippen LogP contribution in [0.2, 0.25) is 0 Å². The van der Waals surface area contributed by atoms with Gasteiger partial charge in [-0.15, -0.1) is 22.0 Å². The van der Waals surface area contributed by atoms with Crippen LogP contribution in [0.1, 0.15) is 24.5 Å². The summed E-state index contributed by atoms with van der Waals surface area (Å²) in [6.07, 6.45) is 1.10. The van der Waals surface area contributed by atoms with Crippen molar-refractivity contribution >= 4 is 45.9 Å². The molecule has 1 amide bonds. The SMILES string of the molecule is CCCSc1nnc(NC(=O)CSCc2ccc(C)cc2)s1. The maximum Gasteiger partial charge on any atom is 0.236 e. The molecule has 7 heteroatoms. The fourth-order valence-electron chi connectivity index (χ4n) is 1.61. The average molecular weight is 354 g/mol. The lowest BCUT2D eigenvalue weighted by atomic mass is 10.2. The Kier molecular flexibility index (Phi) is 7.21. The second-order valence-electron chi connectivity index (χ2n) is 4.75. The van der Waals surface area contributed by atoms with Gasteiger partial charge in [-0.1, -0.05) is 59.9 Å². The van der Waals surface area contributed by atoms with E-state index in [1.165, 1.54) is 22.5 Å². The molecule has 1 heterocycles. The van der Waals surface area contributed by atoms with Crippen molar-refractivity contribution < 1.29 is 4.79 Å². The van der Waals surface area contributed by atoms with Crippen LogP contribution in [-0.4, -0.2) is 27.6 Å². The van der Waals surface area contributed by atoms with Gasteiger partial charge in [-0.2, -0.15) is 0 Å². The monoisotopic (exact) mass is 353 g/mol. The largest absolute Gasteiger partial charge is 0.300 e. The Morgan fingerprint density at radius 3 is 2.77 bits per heavy atom. The number of nitrogens with zero attached hydrogens (tertiary/aromatic N) is 2. The van der Waals surface area contributed by atoms with Crippen molar-refractivity contribution in [2.45, 2.75) is 30.4 Å². The number of benzene rings is 1. The molecule has 2 rings (SSSR count). The van der Waals surface area contributed by atoms with Crippen molar-refractivity contribution in [3.05, 3.63) is 35.4 Å². The van der Waals surface area contributed by atoms with E-state index < -0.39 is 0 Å². The number of rotatable bonds is 8. The van der Waals surface area contributed by atoms with Crippen LogP contribution in [0, 0.1) is 6.92 Å². The maximum absolute atomic E-state index is 11.9. The molecule has 0 saturated carbocycles. The Morgan fingerprint density at radius 2 is 2.05 bits per heavy atom. The Bertz CT molecular complexity index is 598. The molecule has 1 aromatic heterocycles. The van der Waals surface area contributed by atoms with Gasteiger partial charge in [0.15, 0.2) is 4.34 Å². The van der Waals surface area contributed by atoms with Crippen molar-refractivity contribution in [1.29, 1.82) is 0 Å². The third kappa shape index (κ3) is 5.98. The van der Waals surface area contributed by atoms with Gasteiger partial charge in [0.1, 0.15) is 0 Å². The summed E-state index contributed by atoms with van der Waals surface area (Å²) in [6.45, 7) is 4.20. The zero-order valence-electron chi connectivity index (χ0n) is 12.7. The minimum atomic E-state index is -0.0275. The molecule has 0 unspecified atom stereocenters.